The summed E-state index contributed by atoms with van der Waals surface area (Å²) in [7, 11) is 0. The second-order valence-corrected chi connectivity index (χ2v) is 6.23. The van der Waals surface area contributed by atoms with Crippen molar-refractivity contribution in [3.8, 4) is 0 Å². The number of hydrogen-bond acceptors (Lipinski definition) is 2. The predicted molar refractivity (Wildman–Crippen MR) is 70.9 cm³/mol. The number of imidazole rings is 1. The summed E-state index contributed by atoms with van der Waals surface area (Å²) < 4.78 is 0. The van der Waals surface area contributed by atoms with E-state index in [0.29, 0.717) is 11.5 Å². The van der Waals surface area contributed by atoms with E-state index in [0.717, 1.165) is 24.7 Å². The van der Waals surface area contributed by atoms with E-state index >= 15 is 0 Å². The second kappa shape index (κ2) is 5.21. The van der Waals surface area contributed by atoms with Crippen molar-refractivity contribution in [2.75, 3.05) is 6.54 Å². The van der Waals surface area contributed by atoms with Crippen molar-refractivity contribution in [1.82, 2.24) is 15.3 Å². The lowest BCUT2D eigenvalue weighted by molar-refractivity contribution is 0.149. The van der Waals surface area contributed by atoms with Crippen molar-refractivity contribution in [2.45, 2.75) is 52.5 Å². The Kier molecular flexibility index (Phi) is 3.87. The summed E-state index contributed by atoms with van der Waals surface area (Å²) in [6, 6.07) is 0.693. The highest BCUT2D eigenvalue weighted by molar-refractivity contribution is 4.90. The van der Waals surface area contributed by atoms with Crippen LogP contribution in [0.1, 0.15) is 45.9 Å². The summed E-state index contributed by atoms with van der Waals surface area (Å²) in [6.45, 7) is 8.19. The first-order valence-corrected chi connectivity index (χ1v) is 6.78. The Morgan fingerprint density at radius 1 is 1.53 bits per heavy atom. The van der Waals surface area contributed by atoms with Gasteiger partial charge in [0.2, 0.25) is 0 Å². The largest absolute Gasteiger partial charge is 0.349 e. The molecular formula is C14H25N3. The van der Waals surface area contributed by atoms with Crippen LogP contribution in [0.3, 0.4) is 0 Å². The molecule has 1 fully saturated rings. The van der Waals surface area contributed by atoms with Crippen LogP contribution in [0.15, 0.2) is 12.4 Å². The fourth-order valence-corrected chi connectivity index (χ4v) is 3.06. The van der Waals surface area contributed by atoms with Crippen molar-refractivity contribution >= 4 is 0 Å². The first-order valence-electron chi connectivity index (χ1n) is 6.78. The summed E-state index contributed by atoms with van der Waals surface area (Å²) >= 11 is 0. The van der Waals surface area contributed by atoms with Crippen LogP contribution in [0.25, 0.3) is 0 Å². The van der Waals surface area contributed by atoms with E-state index in [-0.39, 0.29) is 0 Å². The Hall–Kier alpha value is -0.830. The normalized spacial score (nSPS) is 28.2. The van der Waals surface area contributed by atoms with E-state index in [1.165, 1.54) is 19.3 Å². The summed E-state index contributed by atoms with van der Waals surface area (Å²) in [4.78, 5) is 7.39. The number of nitrogens with one attached hydrogen (secondary N) is 2. The third kappa shape index (κ3) is 3.56. The topological polar surface area (TPSA) is 40.7 Å². The lowest BCUT2D eigenvalue weighted by Gasteiger charge is -2.39. The van der Waals surface area contributed by atoms with Gasteiger partial charge in [-0.2, -0.15) is 0 Å². The van der Waals surface area contributed by atoms with Crippen molar-refractivity contribution in [2.24, 2.45) is 11.3 Å². The highest BCUT2D eigenvalue weighted by atomic mass is 14.9. The van der Waals surface area contributed by atoms with Crippen molar-refractivity contribution in [1.29, 1.82) is 0 Å². The quantitative estimate of drug-likeness (QED) is 0.842. The van der Waals surface area contributed by atoms with Gasteiger partial charge in [-0.1, -0.05) is 20.8 Å². The Bertz CT molecular complexity index is 329. The molecule has 2 atom stereocenters. The van der Waals surface area contributed by atoms with Gasteiger partial charge in [0, 0.05) is 31.4 Å². The van der Waals surface area contributed by atoms with E-state index in [4.69, 9.17) is 0 Å². The minimum atomic E-state index is 0.540. The molecule has 1 saturated carbocycles. The zero-order valence-corrected chi connectivity index (χ0v) is 11.3. The number of aromatic amines is 1. The third-order valence-corrected chi connectivity index (χ3v) is 4.02. The molecule has 1 aromatic rings. The maximum atomic E-state index is 4.25. The van der Waals surface area contributed by atoms with E-state index in [9.17, 15) is 0 Å². The summed E-state index contributed by atoms with van der Waals surface area (Å²) in [5.41, 5.74) is 0.540. The predicted octanol–water partition coefficient (Wildman–Crippen LogP) is 2.76. The molecule has 96 valence electrons. The van der Waals surface area contributed by atoms with Gasteiger partial charge in [0.1, 0.15) is 5.82 Å². The average Bonchev–Trinajstić information content (AvgIpc) is 2.73. The molecule has 1 aliphatic rings. The van der Waals surface area contributed by atoms with Crippen LogP contribution >= 0.6 is 0 Å². The average molecular weight is 235 g/mol. The van der Waals surface area contributed by atoms with Gasteiger partial charge in [-0.3, -0.25) is 0 Å². The van der Waals surface area contributed by atoms with E-state index < -0.39 is 0 Å². The molecule has 1 aromatic heterocycles. The number of hydrogen-bond donors (Lipinski definition) is 2. The summed E-state index contributed by atoms with van der Waals surface area (Å²) in [5.74, 6) is 1.87. The Morgan fingerprint density at radius 3 is 3.00 bits per heavy atom. The molecule has 2 unspecified atom stereocenters. The van der Waals surface area contributed by atoms with Gasteiger partial charge in [0.05, 0.1) is 0 Å². The van der Waals surface area contributed by atoms with Crippen LogP contribution in [0, 0.1) is 11.3 Å². The second-order valence-electron chi connectivity index (χ2n) is 6.23. The van der Waals surface area contributed by atoms with E-state index in [1.54, 1.807) is 0 Å². The van der Waals surface area contributed by atoms with Crippen molar-refractivity contribution < 1.29 is 0 Å². The van der Waals surface area contributed by atoms with Crippen LogP contribution in [0.4, 0.5) is 0 Å². The van der Waals surface area contributed by atoms with Gasteiger partial charge in [0.15, 0.2) is 0 Å². The van der Waals surface area contributed by atoms with E-state index in [2.05, 4.69) is 36.1 Å². The van der Waals surface area contributed by atoms with Gasteiger partial charge in [-0.05, 0) is 30.6 Å². The van der Waals surface area contributed by atoms with Crippen molar-refractivity contribution in [3.63, 3.8) is 0 Å². The van der Waals surface area contributed by atoms with Gasteiger partial charge < -0.3 is 10.3 Å². The Labute approximate surface area is 104 Å². The molecule has 1 aliphatic carbocycles. The van der Waals surface area contributed by atoms with Crippen LogP contribution in [0.2, 0.25) is 0 Å². The fourth-order valence-electron chi connectivity index (χ4n) is 3.06. The maximum Gasteiger partial charge on any atom is 0.107 e. The van der Waals surface area contributed by atoms with Gasteiger partial charge in [-0.15, -0.1) is 0 Å². The maximum absolute atomic E-state index is 4.25. The van der Waals surface area contributed by atoms with Crippen molar-refractivity contribution in [3.05, 3.63) is 18.2 Å². The molecular weight excluding hydrogens is 210 g/mol. The summed E-state index contributed by atoms with van der Waals surface area (Å²) in [5, 5.41) is 3.69. The number of nitrogens with zero attached hydrogens (tertiary/aromatic N) is 1. The molecule has 2 N–H and O–H groups in total. The summed E-state index contributed by atoms with van der Waals surface area (Å²) in [6.07, 6.45) is 8.70. The standard InChI is InChI=1S/C14H25N3/c1-11-10-14(2,3)6-4-12(11)15-7-5-13-16-8-9-17-13/h8-9,11-12,15H,4-7,10H2,1-3H3,(H,16,17). The smallest absolute Gasteiger partial charge is 0.107 e. The zero-order chi connectivity index (χ0) is 12.3. The molecule has 0 bridgehead atoms. The molecule has 0 aliphatic heterocycles. The Morgan fingerprint density at radius 2 is 2.35 bits per heavy atom. The lowest BCUT2D eigenvalue weighted by Crippen LogP contribution is -2.42. The lowest BCUT2D eigenvalue weighted by atomic mass is 9.70. The SMILES string of the molecule is CC1CC(C)(C)CCC1NCCc1ncc[nH]1. The number of rotatable bonds is 4. The van der Waals surface area contributed by atoms with E-state index in [1.807, 2.05) is 12.4 Å². The van der Waals surface area contributed by atoms with Gasteiger partial charge in [0.25, 0.3) is 0 Å². The van der Waals surface area contributed by atoms with Crippen LogP contribution in [-0.4, -0.2) is 22.6 Å². The van der Waals surface area contributed by atoms with Crippen LogP contribution < -0.4 is 5.32 Å². The molecule has 1 heterocycles. The molecule has 17 heavy (non-hydrogen) atoms. The van der Waals surface area contributed by atoms with Crippen LogP contribution in [0.5, 0.6) is 0 Å². The third-order valence-electron chi connectivity index (χ3n) is 4.02. The molecule has 0 aromatic carbocycles. The van der Waals surface area contributed by atoms with Gasteiger partial charge >= 0.3 is 0 Å². The minimum Gasteiger partial charge on any atom is -0.349 e. The highest BCUT2D eigenvalue weighted by Crippen LogP contribution is 2.38. The molecule has 0 saturated heterocycles. The first-order chi connectivity index (χ1) is 8.07. The Balaban J connectivity index is 1.73. The molecule has 3 nitrogen and oxygen atoms in total. The van der Waals surface area contributed by atoms with Gasteiger partial charge in [-0.25, -0.2) is 4.98 Å². The number of H-pyrrole nitrogens is 1. The molecule has 2 rings (SSSR count). The minimum absolute atomic E-state index is 0.540. The molecule has 3 heteroatoms. The molecule has 0 radical (unpaired) electrons. The fraction of sp³-hybridized carbons (Fsp3) is 0.786. The number of aromatic nitrogens is 2. The first kappa shape index (κ1) is 12.6. The monoisotopic (exact) mass is 235 g/mol. The molecule has 0 amide bonds. The highest BCUT2D eigenvalue weighted by Gasteiger charge is 2.31. The molecule has 0 spiro atoms. The zero-order valence-electron chi connectivity index (χ0n) is 11.3. The van der Waals surface area contributed by atoms with Crippen LogP contribution in [-0.2, 0) is 6.42 Å².